The number of hydrogen-bond donors (Lipinski definition) is 0. The van der Waals surface area contributed by atoms with Crippen LogP contribution in [0.4, 0.5) is 0 Å². The van der Waals surface area contributed by atoms with Crippen molar-refractivity contribution in [2.24, 2.45) is 0 Å². The summed E-state index contributed by atoms with van der Waals surface area (Å²) < 4.78 is 11.9. The van der Waals surface area contributed by atoms with Crippen molar-refractivity contribution in [3.63, 3.8) is 0 Å². The summed E-state index contributed by atoms with van der Waals surface area (Å²) in [5.41, 5.74) is 0. The van der Waals surface area contributed by atoms with Crippen molar-refractivity contribution in [3.05, 3.63) is 24.8 Å². The molecule has 0 rings (SSSR count). The second-order valence-corrected chi connectivity index (χ2v) is 6.24. The van der Waals surface area contributed by atoms with E-state index in [1.165, 1.54) is 51.4 Å². The predicted molar refractivity (Wildman–Crippen MR) is 102 cm³/mol. The second-order valence-electron chi connectivity index (χ2n) is 6.24. The fourth-order valence-corrected chi connectivity index (χ4v) is 2.48. The molecule has 0 aliphatic rings. The molecular formula is C21H40O2. The van der Waals surface area contributed by atoms with Crippen LogP contribution in [0, 0.1) is 0 Å². The Morgan fingerprint density at radius 1 is 0.783 bits per heavy atom. The van der Waals surface area contributed by atoms with E-state index in [-0.39, 0.29) is 6.29 Å². The molecule has 0 bridgehead atoms. The van der Waals surface area contributed by atoms with Gasteiger partial charge in [0, 0.05) is 19.6 Å². The van der Waals surface area contributed by atoms with Crippen LogP contribution in [0.3, 0.4) is 0 Å². The Balaban J connectivity index is 3.79. The molecule has 0 N–H and O–H groups in total. The molecule has 2 heteroatoms. The highest BCUT2D eigenvalue weighted by molar-refractivity contribution is 4.96. The van der Waals surface area contributed by atoms with Crippen molar-refractivity contribution in [3.8, 4) is 0 Å². The SMILES string of the molecule is C=C/C=C/CCC(OCCCCCCC)OCCCCCCC. The summed E-state index contributed by atoms with van der Waals surface area (Å²) in [6.07, 6.45) is 20.6. The summed E-state index contributed by atoms with van der Waals surface area (Å²) in [7, 11) is 0. The zero-order valence-electron chi connectivity index (χ0n) is 15.7. The maximum Gasteiger partial charge on any atom is 0.157 e. The first-order chi connectivity index (χ1) is 11.3. The standard InChI is InChI=1S/C21H40O2/c1-4-7-10-13-16-19-22-21(18-15-12-9-6-3)23-20-17-14-11-8-5-2/h6,9,12,21H,3-5,7-8,10-11,13-20H2,1-2H3/b12-9+. The monoisotopic (exact) mass is 324 g/mol. The summed E-state index contributed by atoms with van der Waals surface area (Å²) in [5, 5.41) is 0. The average molecular weight is 325 g/mol. The van der Waals surface area contributed by atoms with Gasteiger partial charge >= 0.3 is 0 Å². The molecular weight excluding hydrogens is 284 g/mol. The van der Waals surface area contributed by atoms with Crippen molar-refractivity contribution < 1.29 is 9.47 Å². The minimum absolute atomic E-state index is 0.0400. The molecule has 0 atom stereocenters. The minimum Gasteiger partial charge on any atom is -0.353 e. The van der Waals surface area contributed by atoms with Gasteiger partial charge in [-0.1, -0.05) is 90.0 Å². The lowest BCUT2D eigenvalue weighted by molar-refractivity contribution is -0.146. The van der Waals surface area contributed by atoms with E-state index in [4.69, 9.17) is 9.47 Å². The van der Waals surface area contributed by atoms with Gasteiger partial charge in [0.2, 0.25) is 0 Å². The van der Waals surface area contributed by atoms with Crippen LogP contribution < -0.4 is 0 Å². The third kappa shape index (κ3) is 17.6. The van der Waals surface area contributed by atoms with Crippen molar-refractivity contribution in [2.75, 3.05) is 13.2 Å². The first-order valence-electron chi connectivity index (χ1n) is 9.85. The lowest BCUT2D eigenvalue weighted by atomic mass is 10.2. The highest BCUT2D eigenvalue weighted by Crippen LogP contribution is 2.10. The van der Waals surface area contributed by atoms with Crippen LogP contribution in [-0.4, -0.2) is 19.5 Å². The highest BCUT2D eigenvalue weighted by atomic mass is 16.7. The molecule has 0 aromatic rings. The summed E-state index contributed by atoms with van der Waals surface area (Å²) in [4.78, 5) is 0. The molecule has 0 aromatic heterocycles. The quantitative estimate of drug-likeness (QED) is 0.157. The largest absolute Gasteiger partial charge is 0.353 e. The topological polar surface area (TPSA) is 18.5 Å². The lowest BCUT2D eigenvalue weighted by Crippen LogP contribution is -2.18. The van der Waals surface area contributed by atoms with Crippen LogP contribution in [0.5, 0.6) is 0 Å². The van der Waals surface area contributed by atoms with E-state index in [1.807, 2.05) is 12.2 Å². The van der Waals surface area contributed by atoms with E-state index < -0.39 is 0 Å². The highest BCUT2D eigenvalue weighted by Gasteiger charge is 2.08. The smallest absolute Gasteiger partial charge is 0.157 e. The maximum absolute atomic E-state index is 5.95. The summed E-state index contributed by atoms with van der Waals surface area (Å²) in [6.45, 7) is 9.85. The third-order valence-corrected chi connectivity index (χ3v) is 3.94. The number of allylic oxidation sites excluding steroid dienone is 3. The van der Waals surface area contributed by atoms with Crippen molar-refractivity contribution in [1.29, 1.82) is 0 Å². The van der Waals surface area contributed by atoms with E-state index >= 15 is 0 Å². The van der Waals surface area contributed by atoms with Crippen LogP contribution in [0.2, 0.25) is 0 Å². The van der Waals surface area contributed by atoms with Gasteiger partial charge in [-0.3, -0.25) is 0 Å². The van der Waals surface area contributed by atoms with E-state index in [2.05, 4.69) is 26.5 Å². The molecule has 23 heavy (non-hydrogen) atoms. The van der Waals surface area contributed by atoms with Crippen LogP contribution >= 0.6 is 0 Å². The Kier molecular flexibility index (Phi) is 18.9. The molecule has 0 aromatic carbocycles. The molecule has 0 fully saturated rings. The molecule has 0 amide bonds. The number of hydrogen-bond acceptors (Lipinski definition) is 2. The third-order valence-electron chi connectivity index (χ3n) is 3.94. The van der Waals surface area contributed by atoms with Crippen molar-refractivity contribution in [1.82, 2.24) is 0 Å². The first-order valence-corrected chi connectivity index (χ1v) is 9.85. The molecule has 136 valence electrons. The Bertz CT molecular complexity index is 245. The molecule has 0 saturated heterocycles. The fraction of sp³-hybridized carbons (Fsp3) is 0.810. The van der Waals surface area contributed by atoms with Gasteiger partial charge in [-0.05, 0) is 19.3 Å². The zero-order valence-corrected chi connectivity index (χ0v) is 15.7. The van der Waals surface area contributed by atoms with Gasteiger partial charge in [0.1, 0.15) is 0 Å². The van der Waals surface area contributed by atoms with Crippen LogP contribution in [-0.2, 0) is 9.47 Å². The Morgan fingerprint density at radius 2 is 1.30 bits per heavy atom. The lowest BCUT2D eigenvalue weighted by Gasteiger charge is -2.18. The molecule has 2 nitrogen and oxygen atoms in total. The van der Waals surface area contributed by atoms with E-state index in [0.29, 0.717) is 0 Å². The molecule has 0 aliphatic carbocycles. The molecule has 0 saturated carbocycles. The van der Waals surface area contributed by atoms with Gasteiger partial charge in [-0.25, -0.2) is 0 Å². The molecule has 0 radical (unpaired) electrons. The van der Waals surface area contributed by atoms with Gasteiger partial charge in [0.25, 0.3) is 0 Å². The van der Waals surface area contributed by atoms with Gasteiger partial charge < -0.3 is 9.47 Å². The Morgan fingerprint density at radius 3 is 1.78 bits per heavy atom. The van der Waals surface area contributed by atoms with Crippen LogP contribution in [0.1, 0.15) is 90.9 Å². The number of ether oxygens (including phenoxy) is 2. The molecule has 0 heterocycles. The Labute approximate surface area is 145 Å². The number of rotatable bonds is 18. The summed E-state index contributed by atoms with van der Waals surface area (Å²) in [5.74, 6) is 0. The van der Waals surface area contributed by atoms with Crippen molar-refractivity contribution >= 4 is 0 Å². The second kappa shape index (κ2) is 19.4. The van der Waals surface area contributed by atoms with Gasteiger partial charge in [-0.15, -0.1) is 0 Å². The zero-order chi connectivity index (χ0) is 17.0. The van der Waals surface area contributed by atoms with Gasteiger partial charge in [0.15, 0.2) is 6.29 Å². The summed E-state index contributed by atoms with van der Waals surface area (Å²) in [6, 6.07) is 0. The summed E-state index contributed by atoms with van der Waals surface area (Å²) >= 11 is 0. The van der Waals surface area contributed by atoms with Gasteiger partial charge in [0.05, 0.1) is 0 Å². The van der Waals surface area contributed by atoms with E-state index in [1.54, 1.807) is 0 Å². The molecule has 0 spiro atoms. The normalized spacial score (nSPS) is 11.6. The molecule has 0 aliphatic heterocycles. The Hall–Kier alpha value is -0.600. The van der Waals surface area contributed by atoms with E-state index in [9.17, 15) is 0 Å². The fourth-order valence-electron chi connectivity index (χ4n) is 2.48. The number of unbranched alkanes of at least 4 members (excludes halogenated alkanes) is 8. The van der Waals surface area contributed by atoms with Crippen LogP contribution in [0.15, 0.2) is 24.8 Å². The molecule has 0 unspecified atom stereocenters. The predicted octanol–water partition coefficient (Wildman–Crippen LogP) is 6.81. The van der Waals surface area contributed by atoms with Crippen molar-refractivity contribution in [2.45, 2.75) is 97.2 Å². The van der Waals surface area contributed by atoms with Crippen LogP contribution in [0.25, 0.3) is 0 Å². The maximum atomic E-state index is 5.95. The first kappa shape index (κ1) is 22.4. The minimum atomic E-state index is -0.0400. The van der Waals surface area contributed by atoms with Gasteiger partial charge in [-0.2, -0.15) is 0 Å². The van der Waals surface area contributed by atoms with E-state index in [0.717, 1.165) is 38.9 Å². The average Bonchev–Trinajstić information content (AvgIpc) is 2.57.